The van der Waals surface area contributed by atoms with Crippen molar-refractivity contribution in [3.63, 3.8) is 0 Å². The summed E-state index contributed by atoms with van der Waals surface area (Å²) < 4.78 is 1.89. The number of pyridine rings is 1. The van der Waals surface area contributed by atoms with E-state index in [-0.39, 0.29) is 0 Å². The van der Waals surface area contributed by atoms with Crippen LogP contribution in [-0.4, -0.2) is 44.1 Å². The number of nitrogens with one attached hydrogen (secondary N) is 1. The minimum absolute atomic E-state index is 0.425. The molecule has 3 aromatic heterocycles. The van der Waals surface area contributed by atoms with Crippen LogP contribution in [0.1, 0.15) is 75.5 Å². The second kappa shape index (κ2) is 8.94. The predicted molar refractivity (Wildman–Crippen MR) is 137 cm³/mol. The van der Waals surface area contributed by atoms with Crippen LogP contribution in [0.15, 0.2) is 36.8 Å². The highest BCUT2D eigenvalue weighted by Gasteiger charge is 2.23. The van der Waals surface area contributed by atoms with E-state index >= 15 is 0 Å². The normalized spacial score (nSPS) is 16.1. The molecular formula is C28H37N5. The van der Waals surface area contributed by atoms with Crippen LogP contribution in [0.2, 0.25) is 0 Å². The lowest BCUT2D eigenvalue weighted by Gasteiger charge is -2.32. The molecule has 1 saturated heterocycles. The third-order valence-electron chi connectivity index (χ3n) is 7.37. The number of fused-ring (bicyclic) bond motifs is 2. The standard InChI is InChI=1S/C28H37N5/c1-18(2)8-11-32-12-9-21(10-13-32)22-6-7-25-24(15-22)26(19(3)4)27(31-25)23-14-20(5)28-29-17-30-33(28)16-23/h6-7,14-19,21,31H,8-13H2,1-5H3. The van der Waals surface area contributed by atoms with Crippen molar-refractivity contribution in [2.24, 2.45) is 5.92 Å². The quantitative estimate of drug-likeness (QED) is 0.368. The number of piperidine rings is 1. The van der Waals surface area contributed by atoms with Crippen LogP contribution in [0, 0.1) is 12.8 Å². The minimum atomic E-state index is 0.425. The Hall–Kier alpha value is -2.66. The molecular weight excluding hydrogens is 406 g/mol. The van der Waals surface area contributed by atoms with Gasteiger partial charge in [0.2, 0.25) is 0 Å². The first-order valence-corrected chi connectivity index (χ1v) is 12.6. The number of aromatic amines is 1. The van der Waals surface area contributed by atoms with Crippen molar-refractivity contribution in [2.75, 3.05) is 19.6 Å². The number of likely N-dealkylation sites (tertiary alicyclic amines) is 1. The molecule has 5 heteroatoms. The number of H-pyrrole nitrogens is 1. The lowest BCUT2D eigenvalue weighted by Crippen LogP contribution is -2.34. The topological polar surface area (TPSA) is 49.2 Å². The van der Waals surface area contributed by atoms with Crippen molar-refractivity contribution in [1.82, 2.24) is 24.5 Å². The Labute approximate surface area is 197 Å². The second-order valence-electron chi connectivity index (χ2n) is 10.6. The molecule has 5 rings (SSSR count). The monoisotopic (exact) mass is 443 g/mol. The zero-order chi connectivity index (χ0) is 23.1. The molecule has 1 fully saturated rings. The molecule has 1 aliphatic heterocycles. The summed E-state index contributed by atoms with van der Waals surface area (Å²) in [7, 11) is 0. The molecule has 0 unspecified atom stereocenters. The molecule has 0 amide bonds. The van der Waals surface area contributed by atoms with E-state index in [2.05, 4.69) is 85.0 Å². The van der Waals surface area contributed by atoms with E-state index in [0.717, 1.165) is 17.1 Å². The third-order valence-corrected chi connectivity index (χ3v) is 7.37. The average Bonchev–Trinajstić information content (AvgIpc) is 3.42. The van der Waals surface area contributed by atoms with Crippen molar-refractivity contribution in [3.8, 4) is 11.3 Å². The summed E-state index contributed by atoms with van der Waals surface area (Å²) in [5, 5.41) is 5.76. The van der Waals surface area contributed by atoms with E-state index in [1.807, 2.05) is 4.52 Å². The van der Waals surface area contributed by atoms with Crippen molar-refractivity contribution in [2.45, 2.75) is 65.7 Å². The maximum absolute atomic E-state index is 4.39. The summed E-state index contributed by atoms with van der Waals surface area (Å²) in [5.41, 5.74) is 8.57. The number of hydrogen-bond donors (Lipinski definition) is 1. The number of hydrogen-bond acceptors (Lipinski definition) is 3. The number of rotatable bonds is 6. The first kappa shape index (κ1) is 22.1. The highest BCUT2D eigenvalue weighted by molar-refractivity contribution is 5.92. The number of nitrogens with zero attached hydrogens (tertiary/aromatic N) is 4. The lowest BCUT2D eigenvalue weighted by molar-refractivity contribution is 0.202. The number of aromatic nitrogens is 4. The minimum Gasteiger partial charge on any atom is -0.354 e. The predicted octanol–water partition coefficient (Wildman–Crippen LogP) is 6.53. The van der Waals surface area contributed by atoms with Crippen LogP contribution in [0.4, 0.5) is 0 Å². The Morgan fingerprint density at radius 2 is 1.88 bits per heavy atom. The molecule has 0 bridgehead atoms. The van der Waals surface area contributed by atoms with Gasteiger partial charge in [0, 0.05) is 22.7 Å². The second-order valence-corrected chi connectivity index (χ2v) is 10.6. The third kappa shape index (κ3) is 4.31. The van der Waals surface area contributed by atoms with Crippen molar-refractivity contribution in [3.05, 3.63) is 53.5 Å². The molecule has 174 valence electrons. The Morgan fingerprint density at radius 1 is 1.09 bits per heavy atom. The molecule has 1 aromatic carbocycles. The van der Waals surface area contributed by atoms with E-state index in [0.29, 0.717) is 11.8 Å². The molecule has 33 heavy (non-hydrogen) atoms. The van der Waals surface area contributed by atoms with Gasteiger partial charge in [-0.2, -0.15) is 5.10 Å². The maximum Gasteiger partial charge on any atom is 0.158 e. The van der Waals surface area contributed by atoms with E-state index in [1.165, 1.54) is 72.2 Å². The van der Waals surface area contributed by atoms with Gasteiger partial charge in [-0.3, -0.25) is 0 Å². The van der Waals surface area contributed by atoms with Crippen molar-refractivity contribution >= 4 is 16.6 Å². The molecule has 5 nitrogen and oxygen atoms in total. The van der Waals surface area contributed by atoms with Gasteiger partial charge >= 0.3 is 0 Å². The molecule has 0 radical (unpaired) electrons. The Kier molecular flexibility index (Phi) is 6.00. The van der Waals surface area contributed by atoms with Crippen LogP contribution in [0.5, 0.6) is 0 Å². The summed E-state index contributed by atoms with van der Waals surface area (Å²) in [6, 6.07) is 9.35. The molecule has 0 atom stereocenters. The summed E-state index contributed by atoms with van der Waals surface area (Å²) in [6.07, 6.45) is 7.56. The molecule has 4 heterocycles. The number of aryl methyl sites for hydroxylation is 1. The van der Waals surface area contributed by atoms with E-state index in [4.69, 9.17) is 0 Å². The summed E-state index contributed by atoms with van der Waals surface area (Å²) in [6.45, 7) is 15.0. The first-order chi connectivity index (χ1) is 15.9. The van der Waals surface area contributed by atoms with Gasteiger partial charge in [-0.25, -0.2) is 9.50 Å². The molecule has 0 spiro atoms. The molecule has 1 N–H and O–H groups in total. The van der Waals surface area contributed by atoms with Crippen LogP contribution in [-0.2, 0) is 0 Å². The van der Waals surface area contributed by atoms with Gasteiger partial charge in [0.05, 0.1) is 5.69 Å². The number of benzene rings is 1. The molecule has 0 saturated carbocycles. The maximum atomic E-state index is 4.39. The van der Waals surface area contributed by atoms with Gasteiger partial charge in [0.25, 0.3) is 0 Å². The fourth-order valence-electron chi connectivity index (χ4n) is 5.47. The Balaban J connectivity index is 1.47. The van der Waals surface area contributed by atoms with Crippen LogP contribution in [0.25, 0.3) is 27.8 Å². The smallest absolute Gasteiger partial charge is 0.158 e. The van der Waals surface area contributed by atoms with Crippen LogP contribution < -0.4 is 0 Å². The first-order valence-electron chi connectivity index (χ1n) is 12.6. The molecule has 4 aromatic rings. The summed E-state index contributed by atoms with van der Waals surface area (Å²) >= 11 is 0. The van der Waals surface area contributed by atoms with E-state index < -0.39 is 0 Å². The van der Waals surface area contributed by atoms with Crippen LogP contribution in [0.3, 0.4) is 0 Å². The highest BCUT2D eigenvalue weighted by Crippen LogP contribution is 2.38. The summed E-state index contributed by atoms with van der Waals surface area (Å²) in [4.78, 5) is 10.8. The lowest BCUT2D eigenvalue weighted by atomic mass is 9.87. The Morgan fingerprint density at radius 3 is 2.61 bits per heavy atom. The zero-order valence-corrected chi connectivity index (χ0v) is 20.7. The van der Waals surface area contributed by atoms with Crippen molar-refractivity contribution in [1.29, 1.82) is 0 Å². The van der Waals surface area contributed by atoms with E-state index in [1.54, 1.807) is 6.33 Å². The summed E-state index contributed by atoms with van der Waals surface area (Å²) in [5.74, 6) is 1.88. The zero-order valence-electron chi connectivity index (χ0n) is 20.7. The SMILES string of the molecule is Cc1cc(-c2[nH]c3ccc(C4CCN(CCC(C)C)CC4)cc3c2C(C)C)cn2ncnc12. The van der Waals surface area contributed by atoms with Gasteiger partial charge in [-0.15, -0.1) is 0 Å². The van der Waals surface area contributed by atoms with Gasteiger partial charge in [0.1, 0.15) is 6.33 Å². The molecule has 0 aliphatic carbocycles. The van der Waals surface area contributed by atoms with Gasteiger partial charge < -0.3 is 9.88 Å². The molecule has 1 aliphatic rings. The highest BCUT2D eigenvalue weighted by atomic mass is 15.3. The van der Waals surface area contributed by atoms with Gasteiger partial charge in [-0.05, 0) is 98.5 Å². The van der Waals surface area contributed by atoms with Gasteiger partial charge in [0.15, 0.2) is 5.65 Å². The Bertz CT molecular complexity index is 1250. The van der Waals surface area contributed by atoms with Crippen LogP contribution >= 0.6 is 0 Å². The van der Waals surface area contributed by atoms with Crippen molar-refractivity contribution < 1.29 is 0 Å². The fraction of sp³-hybridized carbons (Fsp3) is 0.500. The van der Waals surface area contributed by atoms with E-state index in [9.17, 15) is 0 Å². The fourth-order valence-corrected chi connectivity index (χ4v) is 5.47. The average molecular weight is 444 g/mol. The largest absolute Gasteiger partial charge is 0.354 e. The van der Waals surface area contributed by atoms with Gasteiger partial charge in [-0.1, -0.05) is 33.8 Å².